The maximum atomic E-state index is 11.0. The van der Waals surface area contributed by atoms with Gasteiger partial charge in [-0.3, -0.25) is 4.79 Å². The molecule has 0 saturated carbocycles. The Hall–Kier alpha value is -0.730. The van der Waals surface area contributed by atoms with Gasteiger partial charge < -0.3 is 0 Å². The van der Waals surface area contributed by atoms with Crippen molar-refractivity contribution in [1.29, 1.82) is 0 Å². The van der Waals surface area contributed by atoms with Crippen LogP contribution in [0.3, 0.4) is 0 Å². The molecule has 0 bridgehead atoms. The lowest BCUT2D eigenvalue weighted by Gasteiger charge is -2.12. The summed E-state index contributed by atoms with van der Waals surface area (Å²) in [7, 11) is 0. The third kappa shape index (κ3) is 2.36. The minimum absolute atomic E-state index is 0.278. The Morgan fingerprint density at radius 2 is 1.44 bits per heavy atom. The van der Waals surface area contributed by atoms with E-state index in [0.29, 0.717) is 26.7 Å². The molecule has 5 heteroatoms. The Bertz CT molecular complexity index is 596. The van der Waals surface area contributed by atoms with Crippen LogP contribution in [0.1, 0.15) is 10.4 Å². The zero-order chi connectivity index (χ0) is 13.3. The Balaban J connectivity index is 2.82. The molecule has 0 aliphatic carbocycles. The molecule has 0 amide bonds. The van der Waals surface area contributed by atoms with Crippen LogP contribution in [-0.2, 0) is 0 Å². The average molecular weight is 320 g/mol. The van der Waals surface area contributed by atoms with E-state index < -0.39 is 0 Å². The smallest absolute Gasteiger partial charge is 0.150 e. The van der Waals surface area contributed by atoms with Gasteiger partial charge in [-0.25, -0.2) is 0 Å². The molecule has 18 heavy (non-hydrogen) atoms. The zero-order valence-electron chi connectivity index (χ0n) is 8.88. The molecular weight excluding hydrogens is 314 g/mol. The van der Waals surface area contributed by atoms with Crippen LogP contribution in [0.25, 0.3) is 11.1 Å². The summed E-state index contributed by atoms with van der Waals surface area (Å²) in [6, 6.07) is 8.42. The van der Waals surface area contributed by atoms with Crippen molar-refractivity contribution in [2.45, 2.75) is 0 Å². The molecule has 0 unspecified atom stereocenters. The molecular formula is C13H6Cl4O. The average Bonchev–Trinajstić information content (AvgIpc) is 2.37. The number of halogens is 4. The van der Waals surface area contributed by atoms with Gasteiger partial charge in [0.25, 0.3) is 0 Å². The van der Waals surface area contributed by atoms with Crippen LogP contribution < -0.4 is 0 Å². The SMILES string of the molecule is O=Cc1ccccc1-c1c(Cl)c(Cl)cc(Cl)c1Cl. The summed E-state index contributed by atoms with van der Waals surface area (Å²) in [5.41, 5.74) is 1.55. The first-order valence-electron chi connectivity index (χ1n) is 4.94. The van der Waals surface area contributed by atoms with Crippen molar-refractivity contribution in [1.82, 2.24) is 0 Å². The van der Waals surface area contributed by atoms with Crippen LogP contribution in [0.4, 0.5) is 0 Å². The van der Waals surface area contributed by atoms with Crippen LogP contribution in [0.5, 0.6) is 0 Å². The molecule has 2 aromatic rings. The highest BCUT2D eigenvalue weighted by molar-refractivity contribution is 6.50. The first-order valence-corrected chi connectivity index (χ1v) is 6.45. The molecule has 0 saturated heterocycles. The Morgan fingerprint density at radius 3 is 2.00 bits per heavy atom. The number of hydrogen-bond acceptors (Lipinski definition) is 1. The van der Waals surface area contributed by atoms with Crippen LogP contribution in [0, 0.1) is 0 Å². The molecule has 0 aromatic heterocycles. The molecule has 2 aromatic carbocycles. The second-order valence-electron chi connectivity index (χ2n) is 3.55. The second kappa shape index (κ2) is 5.50. The third-order valence-corrected chi connectivity index (χ3v) is 4.04. The van der Waals surface area contributed by atoms with E-state index >= 15 is 0 Å². The molecule has 1 nitrogen and oxygen atoms in total. The highest BCUT2D eigenvalue weighted by Gasteiger charge is 2.17. The number of aldehydes is 1. The van der Waals surface area contributed by atoms with Gasteiger partial charge in [0.1, 0.15) is 0 Å². The van der Waals surface area contributed by atoms with E-state index in [4.69, 9.17) is 46.4 Å². The van der Waals surface area contributed by atoms with Crippen molar-refractivity contribution in [2.75, 3.05) is 0 Å². The maximum Gasteiger partial charge on any atom is 0.150 e. The normalized spacial score (nSPS) is 10.4. The van der Waals surface area contributed by atoms with Gasteiger partial charge in [0, 0.05) is 11.1 Å². The van der Waals surface area contributed by atoms with Gasteiger partial charge in [0.15, 0.2) is 6.29 Å². The topological polar surface area (TPSA) is 17.1 Å². The van der Waals surface area contributed by atoms with Gasteiger partial charge in [-0.2, -0.15) is 0 Å². The van der Waals surface area contributed by atoms with E-state index in [2.05, 4.69) is 0 Å². The van der Waals surface area contributed by atoms with Gasteiger partial charge in [-0.1, -0.05) is 70.7 Å². The Labute approximate surface area is 124 Å². The van der Waals surface area contributed by atoms with E-state index in [-0.39, 0.29) is 10.0 Å². The minimum Gasteiger partial charge on any atom is -0.298 e. The van der Waals surface area contributed by atoms with Gasteiger partial charge >= 0.3 is 0 Å². The highest BCUT2D eigenvalue weighted by atomic mass is 35.5. The fourth-order valence-electron chi connectivity index (χ4n) is 1.64. The van der Waals surface area contributed by atoms with Gasteiger partial charge in [-0.15, -0.1) is 0 Å². The number of carbonyl (C=O) groups excluding carboxylic acids is 1. The summed E-state index contributed by atoms with van der Waals surface area (Å²) in [5, 5.41) is 1.14. The first-order chi connectivity index (χ1) is 8.56. The largest absolute Gasteiger partial charge is 0.298 e. The van der Waals surface area contributed by atoms with Crippen molar-refractivity contribution < 1.29 is 4.79 Å². The van der Waals surface area contributed by atoms with Gasteiger partial charge in [0.05, 0.1) is 20.1 Å². The minimum atomic E-state index is 0.278. The Morgan fingerprint density at radius 1 is 0.889 bits per heavy atom. The van der Waals surface area contributed by atoms with E-state index in [0.717, 1.165) is 6.29 Å². The first kappa shape index (κ1) is 13.7. The number of carbonyl (C=O) groups is 1. The van der Waals surface area contributed by atoms with Crippen molar-refractivity contribution in [3.05, 3.63) is 56.0 Å². The number of hydrogen-bond donors (Lipinski definition) is 0. The quantitative estimate of drug-likeness (QED) is 0.506. The summed E-state index contributed by atoms with van der Waals surface area (Å²) in [6.45, 7) is 0. The predicted molar refractivity (Wildman–Crippen MR) is 77.3 cm³/mol. The Kier molecular flexibility index (Phi) is 4.18. The lowest BCUT2D eigenvalue weighted by Crippen LogP contribution is -1.90. The summed E-state index contributed by atoms with van der Waals surface area (Å²) < 4.78 is 0. The molecule has 0 spiro atoms. The van der Waals surface area contributed by atoms with Crippen molar-refractivity contribution in [3.63, 3.8) is 0 Å². The zero-order valence-corrected chi connectivity index (χ0v) is 11.9. The monoisotopic (exact) mass is 318 g/mol. The summed E-state index contributed by atoms with van der Waals surface area (Å²) in [5.74, 6) is 0. The highest BCUT2D eigenvalue weighted by Crippen LogP contribution is 2.43. The second-order valence-corrected chi connectivity index (χ2v) is 5.12. The fourth-order valence-corrected chi connectivity index (χ4v) is 2.65. The molecule has 0 fully saturated rings. The summed E-state index contributed by atoms with van der Waals surface area (Å²) in [6.07, 6.45) is 0.733. The van der Waals surface area contributed by atoms with Gasteiger partial charge in [-0.05, 0) is 11.6 Å². The molecule has 0 aliphatic heterocycles. The maximum absolute atomic E-state index is 11.0. The molecule has 0 heterocycles. The van der Waals surface area contributed by atoms with Crippen molar-refractivity contribution in [3.8, 4) is 11.1 Å². The van der Waals surface area contributed by atoms with Crippen molar-refractivity contribution >= 4 is 52.7 Å². The van der Waals surface area contributed by atoms with E-state index in [9.17, 15) is 4.79 Å². The lowest BCUT2D eigenvalue weighted by molar-refractivity contribution is 0.112. The third-order valence-electron chi connectivity index (χ3n) is 2.47. The molecule has 92 valence electrons. The molecule has 0 radical (unpaired) electrons. The van der Waals surface area contributed by atoms with Crippen molar-refractivity contribution in [2.24, 2.45) is 0 Å². The van der Waals surface area contributed by atoms with Crippen LogP contribution in [-0.4, -0.2) is 6.29 Å². The van der Waals surface area contributed by atoms with Gasteiger partial charge in [0.2, 0.25) is 0 Å². The van der Waals surface area contributed by atoms with E-state index in [1.54, 1.807) is 24.3 Å². The standard InChI is InChI=1S/C13H6Cl4O/c14-9-5-10(15)13(17)11(12(9)16)8-4-2-1-3-7(8)6-18/h1-6H. The summed E-state index contributed by atoms with van der Waals surface area (Å²) in [4.78, 5) is 11.0. The summed E-state index contributed by atoms with van der Waals surface area (Å²) >= 11 is 24.2. The number of benzene rings is 2. The fraction of sp³-hybridized carbons (Fsp3) is 0. The van der Waals surface area contributed by atoms with Crippen LogP contribution >= 0.6 is 46.4 Å². The molecule has 0 aliphatic rings. The molecule has 0 N–H and O–H groups in total. The lowest BCUT2D eigenvalue weighted by atomic mass is 10.0. The van der Waals surface area contributed by atoms with Crippen LogP contribution in [0.2, 0.25) is 20.1 Å². The van der Waals surface area contributed by atoms with E-state index in [1.807, 2.05) is 0 Å². The van der Waals surface area contributed by atoms with Crippen LogP contribution in [0.15, 0.2) is 30.3 Å². The molecule has 2 rings (SSSR count). The molecule has 0 atom stereocenters. The van der Waals surface area contributed by atoms with E-state index in [1.165, 1.54) is 6.07 Å². The predicted octanol–water partition coefficient (Wildman–Crippen LogP) is 5.78. The number of rotatable bonds is 2.